The van der Waals surface area contributed by atoms with Crippen molar-refractivity contribution in [2.45, 2.75) is 51.2 Å². The highest BCUT2D eigenvalue weighted by molar-refractivity contribution is 7.23. The molecule has 2 saturated heterocycles. The molecule has 0 aliphatic carbocycles. The summed E-state index contributed by atoms with van der Waals surface area (Å²) in [6.45, 7) is 5.99. The van der Waals surface area contributed by atoms with Crippen LogP contribution in [0.4, 0.5) is 8.78 Å². The monoisotopic (exact) mass is 609 g/mol. The molecular formula is C29H35Cl2F2N5OS. The molecule has 4 aromatic rings. The molecule has 40 heavy (non-hydrogen) atoms. The number of fused-ring (bicyclic) bond motifs is 3. The third-order valence-corrected chi connectivity index (χ3v) is 8.91. The summed E-state index contributed by atoms with van der Waals surface area (Å²) in [5, 5.41) is 6.43. The first-order valence-electron chi connectivity index (χ1n) is 13.6. The zero-order chi connectivity index (χ0) is 26.2. The molecule has 1 atom stereocenters. The van der Waals surface area contributed by atoms with Crippen molar-refractivity contribution in [3.63, 3.8) is 0 Å². The number of nitrogens with one attached hydrogen (secondary N) is 2. The number of hydrogen-bond acceptors (Lipinski definition) is 5. The van der Waals surface area contributed by atoms with E-state index in [1.54, 1.807) is 6.07 Å². The van der Waals surface area contributed by atoms with Gasteiger partial charge in [-0.3, -0.25) is 9.20 Å². The van der Waals surface area contributed by atoms with Gasteiger partial charge in [0, 0.05) is 42.5 Å². The van der Waals surface area contributed by atoms with Gasteiger partial charge in [-0.05, 0) is 88.0 Å². The Morgan fingerprint density at radius 3 is 2.67 bits per heavy atom. The second kappa shape index (κ2) is 13.1. The van der Waals surface area contributed by atoms with Crippen LogP contribution in [0.15, 0.2) is 36.4 Å². The van der Waals surface area contributed by atoms with Crippen LogP contribution in [0, 0.1) is 12.7 Å². The maximum Gasteiger partial charge on any atom is 0.251 e. The molecule has 2 N–H and O–H groups in total. The van der Waals surface area contributed by atoms with E-state index in [1.165, 1.54) is 11.3 Å². The summed E-state index contributed by atoms with van der Waals surface area (Å²) in [5.41, 5.74) is 4.60. The van der Waals surface area contributed by atoms with Crippen LogP contribution >= 0.6 is 36.2 Å². The lowest BCUT2D eigenvalue weighted by molar-refractivity contribution is 0.0950. The number of carbonyl (C=O) groups is 1. The zero-order valence-corrected chi connectivity index (χ0v) is 24.9. The number of halogens is 4. The molecule has 0 bridgehead atoms. The predicted molar refractivity (Wildman–Crippen MR) is 163 cm³/mol. The van der Waals surface area contributed by atoms with E-state index in [4.69, 9.17) is 4.98 Å². The SMILES string of the molecule is Cc1c(-c2ccc(C3CCCN3)cc2F)nc2sc3cc(C(=O)NCCCN4CCC(F)CC4)ccc3n12.Cl.Cl. The molecule has 1 amide bonds. The lowest BCUT2D eigenvalue weighted by Gasteiger charge is -2.28. The van der Waals surface area contributed by atoms with Gasteiger partial charge in [-0.25, -0.2) is 13.8 Å². The van der Waals surface area contributed by atoms with Crippen LogP contribution in [0.2, 0.25) is 0 Å². The Hall–Kier alpha value is -2.30. The van der Waals surface area contributed by atoms with Crippen molar-refractivity contribution in [1.82, 2.24) is 24.9 Å². The Morgan fingerprint density at radius 1 is 1.15 bits per heavy atom. The number of piperidine rings is 1. The summed E-state index contributed by atoms with van der Waals surface area (Å²) in [5.74, 6) is -0.350. The van der Waals surface area contributed by atoms with Crippen LogP contribution in [0.3, 0.4) is 0 Å². The summed E-state index contributed by atoms with van der Waals surface area (Å²) in [6, 6.07) is 11.4. The zero-order valence-electron chi connectivity index (χ0n) is 22.4. The molecule has 2 aromatic carbocycles. The number of nitrogens with zero attached hydrogens (tertiary/aromatic N) is 3. The van der Waals surface area contributed by atoms with E-state index in [0.717, 1.165) is 71.9 Å². The van der Waals surface area contributed by atoms with E-state index >= 15 is 4.39 Å². The maximum absolute atomic E-state index is 15.2. The highest BCUT2D eigenvalue weighted by atomic mass is 35.5. The summed E-state index contributed by atoms with van der Waals surface area (Å²) in [7, 11) is 0. The average molecular weight is 611 g/mol. The van der Waals surface area contributed by atoms with E-state index in [1.807, 2.05) is 41.7 Å². The summed E-state index contributed by atoms with van der Waals surface area (Å²) < 4.78 is 31.5. The lowest BCUT2D eigenvalue weighted by atomic mass is 10.0. The molecule has 2 aliphatic heterocycles. The third-order valence-electron chi connectivity index (χ3n) is 7.91. The van der Waals surface area contributed by atoms with Crippen molar-refractivity contribution in [2.75, 3.05) is 32.7 Å². The number of thiazole rings is 1. The molecular weight excluding hydrogens is 575 g/mol. The van der Waals surface area contributed by atoms with Crippen molar-refractivity contribution >= 4 is 57.2 Å². The number of alkyl halides is 1. The highest BCUT2D eigenvalue weighted by Gasteiger charge is 2.22. The van der Waals surface area contributed by atoms with E-state index in [0.29, 0.717) is 36.2 Å². The Morgan fingerprint density at radius 2 is 1.95 bits per heavy atom. The predicted octanol–water partition coefficient (Wildman–Crippen LogP) is 6.49. The minimum atomic E-state index is -0.664. The first-order valence-corrected chi connectivity index (χ1v) is 14.4. The molecule has 216 valence electrons. The smallest absolute Gasteiger partial charge is 0.251 e. The fourth-order valence-electron chi connectivity index (χ4n) is 5.74. The summed E-state index contributed by atoms with van der Waals surface area (Å²) in [4.78, 5) is 20.6. The van der Waals surface area contributed by atoms with Crippen molar-refractivity contribution in [3.8, 4) is 11.3 Å². The second-order valence-electron chi connectivity index (χ2n) is 10.5. The fourth-order valence-corrected chi connectivity index (χ4v) is 6.85. The van der Waals surface area contributed by atoms with Crippen LogP contribution in [0.1, 0.15) is 59.8 Å². The Labute approximate surface area is 249 Å². The van der Waals surface area contributed by atoms with E-state index in [2.05, 4.69) is 15.5 Å². The molecule has 6 rings (SSSR count). The van der Waals surface area contributed by atoms with Gasteiger partial charge in [-0.2, -0.15) is 0 Å². The number of amides is 1. The fraction of sp³-hybridized carbons (Fsp3) is 0.448. The highest BCUT2D eigenvalue weighted by Crippen LogP contribution is 2.35. The molecule has 6 nitrogen and oxygen atoms in total. The summed E-state index contributed by atoms with van der Waals surface area (Å²) >= 11 is 1.50. The average Bonchev–Trinajstić information content (AvgIpc) is 3.64. The Bertz CT molecular complexity index is 1480. The first-order chi connectivity index (χ1) is 18.5. The molecule has 0 spiro atoms. The van der Waals surface area contributed by atoms with Crippen LogP contribution in [0.25, 0.3) is 26.4 Å². The molecule has 11 heteroatoms. The van der Waals surface area contributed by atoms with Crippen LogP contribution < -0.4 is 10.6 Å². The second-order valence-corrected chi connectivity index (χ2v) is 11.5. The number of aryl methyl sites for hydroxylation is 1. The number of hydrogen-bond donors (Lipinski definition) is 2. The maximum atomic E-state index is 15.2. The van der Waals surface area contributed by atoms with Crippen LogP contribution in [-0.2, 0) is 0 Å². The number of imidazole rings is 1. The largest absolute Gasteiger partial charge is 0.352 e. The normalized spacial score (nSPS) is 18.1. The van der Waals surface area contributed by atoms with Gasteiger partial charge >= 0.3 is 0 Å². The van der Waals surface area contributed by atoms with Gasteiger partial charge in [-0.15, -0.1) is 24.8 Å². The van der Waals surface area contributed by atoms with Crippen molar-refractivity contribution < 1.29 is 13.6 Å². The van der Waals surface area contributed by atoms with Gasteiger partial charge in [0.1, 0.15) is 12.0 Å². The van der Waals surface area contributed by atoms with Gasteiger partial charge < -0.3 is 15.5 Å². The van der Waals surface area contributed by atoms with Crippen molar-refractivity contribution in [2.24, 2.45) is 0 Å². The van der Waals surface area contributed by atoms with E-state index in [9.17, 15) is 9.18 Å². The van der Waals surface area contributed by atoms with Crippen molar-refractivity contribution in [3.05, 3.63) is 59.0 Å². The standard InChI is InChI=1S/C29H33F2N5OS.2ClH/c1-18-27(22-7-5-19(16-23(22)31)24-4-2-11-32-24)34-29-36(18)25-8-6-20(17-26(25)38-29)28(37)33-12-3-13-35-14-9-21(30)10-15-35;;/h5-8,16-17,21,24,32H,2-4,9-15H2,1H3,(H,33,37);2*1H. The van der Waals surface area contributed by atoms with Crippen molar-refractivity contribution in [1.29, 1.82) is 0 Å². The molecule has 4 heterocycles. The Balaban J connectivity index is 0.00000185. The third kappa shape index (κ3) is 6.14. The van der Waals surface area contributed by atoms with Crippen LogP contribution in [0.5, 0.6) is 0 Å². The minimum absolute atomic E-state index is 0. The number of aromatic nitrogens is 2. The minimum Gasteiger partial charge on any atom is -0.352 e. The number of carbonyl (C=O) groups excluding carboxylic acids is 1. The van der Waals surface area contributed by atoms with Gasteiger partial charge in [0.25, 0.3) is 5.91 Å². The first kappa shape index (κ1) is 30.7. The lowest BCUT2D eigenvalue weighted by Crippen LogP contribution is -2.36. The number of rotatable bonds is 7. The number of benzene rings is 2. The molecule has 2 aliphatic rings. The molecule has 1 unspecified atom stereocenters. The Kier molecular flexibility index (Phi) is 10.1. The van der Waals surface area contributed by atoms with Gasteiger partial charge in [-0.1, -0.05) is 17.4 Å². The van der Waals surface area contributed by atoms with E-state index in [-0.39, 0.29) is 42.6 Å². The molecule has 2 fully saturated rings. The molecule has 0 radical (unpaired) electrons. The molecule has 2 aromatic heterocycles. The van der Waals surface area contributed by atoms with Gasteiger partial charge in [0.2, 0.25) is 0 Å². The van der Waals surface area contributed by atoms with Gasteiger partial charge in [0.15, 0.2) is 4.96 Å². The quantitative estimate of drug-likeness (QED) is 0.235. The van der Waals surface area contributed by atoms with E-state index < -0.39 is 6.17 Å². The summed E-state index contributed by atoms with van der Waals surface area (Å²) in [6.07, 6.45) is 3.54. The van der Waals surface area contributed by atoms with Gasteiger partial charge in [0.05, 0.1) is 15.9 Å². The number of likely N-dealkylation sites (tertiary alicyclic amines) is 1. The van der Waals surface area contributed by atoms with Crippen LogP contribution in [-0.4, -0.2) is 59.1 Å². The topological polar surface area (TPSA) is 61.7 Å². The molecule has 0 saturated carbocycles.